The molecule has 0 aliphatic rings. The molecule has 0 spiro atoms. The van der Waals surface area contributed by atoms with E-state index in [0.717, 1.165) is 32.1 Å². The smallest absolute Gasteiger partial charge is 0.408 e. The second-order valence-electron chi connectivity index (χ2n) is 11.3. The van der Waals surface area contributed by atoms with E-state index in [-0.39, 0.29) is 50.3 Å². The van der Waals surface area contributed by atoms with Crippen LogP contribution in [0.15, 0.2) is 24.3 Å². The molecular formula is C31H50N4O8. The lowest BCUT2D eigenvalue weighted by atomic mass is 9.99. The molecule has 1 aromatic carbocycles. The maximum Gasteiger partial charge on any atom is 0.408 e. The number of hydrogen-bond acceptors (Lipinski definition) is 8. The number of alkyl carbamates (subject to hydrolysis) is 1. The second kappa shape index (κ2) is 19.4. The summed E-state index contributed by atoms with van der Waals surface area (Å²) in [4.78, 5) is 65.4. The van der Waals surface area contributed by atoms with Crippen molar-refractivity contribution in [1.82, 2.24) is 15.5 Å². The Morgan fingerprint density at radius 1 is 0.977 bits per heavy atom. The van der Waals surface area contributed by atoms with Crippen LogP contribution in [0.5, 0.6) is 5.75 Å². The normalized spacial score (nSPS) is 12.5. The van der Waals surface area contributed by atoms with Crippen molar-refractivity contribution < 1.29 is 38.6 Å². The number of ether oxygens (including phenoxy) is 2. The van der Waals surface area contributed by atoms with Crippen molar-refractivity contribution in [1.29, 1.82) is 0 Å². The number of esters is 1. The molecular weight excluding hydrogens is 556 g/mol. The molecule has 0 aliphatic carbocycles. The Morgan fingerprint density at radius 3 is 2.23 bits per heavy atom. The van der Waals surface area contributed by atoms with Gasteiger partial charge in [-0.2, -0.15) is 0 Å². The fourth-order valence-electron chi connectivity index (χ4n) is 4.41. The first-order valence-corrected chi connectivity index (χ1v) is 15.1. The summed E-state index contributed by atoms with van der Waals surface area (Å²) in [6.45, 7) is 9.08. The average Bonchev–Trinajstić information content (AvgIpc) is 2.91. The van der Waals surface area contributed by atoms with E-state index in [9.17, 15) is 29.1 Å². The topological polar surface area (TPSA) is 177 Å². The first-order valence-electron chi connectivity index (χ1n) is 15.1. The van der Waals surface area contributed by atoms with Crippen LogP contribution in [-0.4, -0.2) is 71.1 Å². The fourth-order valence-corrected chi connectivity index (χ4v) is 4.41. The summed E-state index contributed by atoms with van der Waals surface area (Å²) in [5, 5.41) is 16.0. The van der Waals surface area contributed by atoms with Gasteiger partial charge < -0.3 is 35.8 Å². The van der Waals surface area contributed by atoms with Gasteiger partial charge in [-0.1, -0.05) is 57.2 Å². The van der Waals surface area contributed by atoms with Crippen LogP contribution in [0.1, 0.15) is 104 Å². The number of carbonyl (C=O) groups excluding carboxylic acids is 5. The Morgan fingerprint density at radius 2 is 1.63 bits per heavy atom. The summed E-state index contributed by atoms with van der Waals surface area (Å²) in [6, 6.07) is 3.61. The quantitative estimate of drug-likeness (QED) is 0.135. The number of phenolic OH excluding ortho intramolecular Hbond substituents is 1. The highest BCUT2D eigenvalue weighted by molar-refractivity contribution is 5.93. The molecule has 4 amide bonds. The number of para-hydroxylation sites is 1. The van der Waals surface area contributed by atoms with E-state index >= 15 is 0 Å². The molecule has 43 heavy (non-hydrogen) atoms. The number of carbonyl (C=O) groups is 5. The van der Waals surface area contributed by atoms with Gasteiger partial charge in [0.2, 0.25) is 17.7 Å². The van der Waals surface area contributed by atoms with Crippen molar-refractivity contribution in [3.05, 3.63) is 29.8 Å². The van der Waals surface area contributed by atoms with Gasteiger partial charge in [0.1, 0.15) is 23.4 Å². The number of amides is 4. The molecule has 0 aromatic heterocycles. The van der Waals surface area contributed by atoms with Crippen LogP contribution in [0.3, 0.4) is 0 Å². The molecule has 12 heteroatoms. The Balaban J connectivity index is 3.46. The summed E-state index contributed by atoms with van der Waals surface area (Å²) in [5.41, 5.74) is 4.68. The molecule has 0 saturated heterocycles. The summed E-state index contributed by atoms with van der Waals surface area (Å²) in [5.74, 6) is -2.64. The minimum absolute atomic E-state index is 0.0535. The predicted octanol–water partition coefficient (Wildman–Crippen LogP) is 3.85. The van der Waals surface area contributed by atoms with E-state index in [1.54, 1.807) is 39.8 Å². The van der Waals surface area contributed by atoms with Gasteiger partial charge >= 0.3 is 12.1 Å². The van der Waals surface area contributed by atoms with Gasteiger partial charge in [-0.25, -0.2) is 4.79 Å². The maximum atomic E-state index is 14.2. The molecule has 0 saturated carbocycles. The number of primary amides is 1. The van der Waals surface area contributed by atoms with Gasteiger partial charge in [-0.05, 0) is 46.6 Å². The molecule has 0 bridgehead atoms. The molecule has 12 nitrogen and oxygen atoms in total. The lowest BCUT2D eigenvalue weighted by Crippen LogP contribution is -2.53. The molecule has 0 heterocycles. The van der Waals surface area contributed by atoms with Gasteiger partial charge in [-0.15, -0.1) is 0 Å². The highest BCUT2D eigenvalue weighted by atomic mass is 16.6. The average molecular weight is 607 g/mol. The number of unbranched alkanes of at least 4 members (excludes halogenated alkanes) is 5. The number of nitrogens with two attached hydrogens (primary N) is 1. The molecule has 0 aliphatic heterocycles. The molecule has 1 rings (SSSR count). The second-order valence-corrected chi connectivity index (χ2v) is 11.3. The Kier molecular flexibility index (Phi) is 16.8. The van der Waals surface area contributed by atoms with E-state index in [4.69, 9.17) is 15.2 Å². The number of nitrogens with zero attached hydrogens (tertiary/aromatic N) is 1. The van der Waals surface area contributed by atoms with E-state index in [0.29, 0.717) is 6.42 Å². The SMILES string of the molecule is CCCCCCCCN(C(=O)C(CCC(N)=O)NC(=O)OC(C)(C)C)C(C(=O)NCCC(=O)OCC)c1ccccc1O. The van der Waals surface area contributed by atoms with Crippen LogP contribution in [0, 0.1) is 0 Å². The summed E-state index contributed by atoms with van der Waals surface area (Å²) in [7, 11) is 0. The molecule has 2 unspecified atom stereocenters. The number of nitrogens with one attached hydrogen (secondary N) is 2. The number of rotatable bonds is 19. The summed E-state index contributed by atoms with van der Waals surface area (Å²) < 4.78 is 10.3. The monoisotopic (exact) mass is 606 g/mol. The van der Waals surface area contributed by atoms with E-state index in [1.165, 1.54) is 17.0 Å². The molecule has 5 N–H and O–H groups in total. The van der Waals surface area contributed by atoms with E-state index in [1.807, 2.05) is 0 Å². The molecule has 0 fully saturated rings. The van der Waals surface area contributed by atoms with Crippen molar-refractivity contribution in [2.45, 2.75) is 110 Å². The van der Waals surface area contributed by atoms with Crippen molar-refractivity contribution in [2.24, 2.45) is 5.73 Å². The summed E-state index contributed by atoms with van der Waals surface area (Å²) >= 11 is 0. The van der Waals surface area contributed by atoms with Crippen molar-refractivity contribution >= 4 is 29.8 Å². The largest absolute Gasteiger partial charge is 0.508 e. The van der Waals surface area contributed by atoms with Crippen molar-refractivity contribution in [3.8, 4) is 5.75 Å². The van der Waals surface area contributed by atoms with Gasteiger partial charge in [0, 0.05) is 25.1 Å². The molecule has 0 radical (unpaired) electrons. The van der Waals surface area contributed by atoms with Gasteiger partial charge in [0.25, 0.3) is 0 Å². The van der Waals surface area contributed by atoms with Crippen molar-refractivity contribution in [2.75, 3.05) is 19.7 Å². The Hall–Kier alpha value is -3.83. The zero-order chi connectivity index (χ0) is 32.4. The molecule has 242 valence electrons. The number of aromatic hydroxyl groups is 1. The van der Waals surface area contributed by atoms with Crippen LogP contribution < -0.4 is 16.4 Å². The lowest BCUT2D eigenvalue weighted by Gasteiger charge is -2.34. The van der Waals surface area contributed by atoms with Crippen LogP contribution in [0.25, 0.3) is 0 Å². The van der Waals surface area contributed by atoms with Gasteiger partial charge in [-0.3, -0.25) is 19.2 Å². The van der Waals surface area contributed by atoms with Crippen LogP contribution in [0.4, 0.5) is 4.79 Å². The minimum Gasteiger partial charge on any atom is -0.508 e. The lowest BCUT2D eigenvalue weighted by molar-refractivity contribution is -0.144. The first-order chi connectivity index (χ1) is 20.3. The van der Waals surface area contributed by atoms with Gasteiger partial charge in [0.05, 0.1) is 13.0 Å². The van der Waals surface area contributed by atoms with Crippen LogP contribution >= 0.6 is 0 Å². The van der Waals surface area contributed by atoms with E-state index in [2.05, 4.69) is 17.6 Å². The summed E-state index contributed by atoms with van der Waals surface area (Å²) in [6.07, 6.45) is 4.17. The standard InChI is InChI=1S/C31H50N4O8/c1-6-8-9-10-11-14-21-35(29(40)23(17-18-25(32)37)34-30(41)43-31(3,4)5)27(22-15-12-13-16-24(22)36)28(39)33-20-19-26(38)42-7-2/h12-13,15-16,23,27,36H,6-11,14,17-21H2,1-5H3,(H2,32,37)(H,33,39)(H,34,41). The maximum absolute atomic E-state index is 14.2. The minimum atomic E-state index is -1.30. The number of hydrogen-bond donors (Lipinski definition) is 4. The van der Waals surface area contributed by atoms with Crippen LogP contribution in [0.2, 0.25) is 0 Å². The molecule has 2 atom stereocenters. The zero-order valence-electron chi connectivity index (χ0n) is 26.3. The first kappa shape index (κ1) is 37.2. The zero-order valence-corrected chi connectivity index (χ0v) is 26.3. The predicted molar refractivity (Wildman–Crippen MR) is 162 cm³/mol. The highest BCUT2D eigenvalue weighted by Crippen LogP contribution is 2.30. The third-order valence-corrected chi connectivity index (χ3v) is 6.43. The molecule has 1 aromatic rings. The van der Waals surface area contributed by atoms with Crippen LogP contribution in [-0.2, 0) is 28.7 Å². The highest BCUT2D eigenvalue weighted by Gasteiger charge is 2.37. The Labute approximate surface area is 255 Å². The van der Waals surface area contributed by atoms with E-state index < -0.39 is 47.5 Å². The third-order valence-electron chi connectivity index (χ3n) is 6.43. The van der Waals surface area contributed by atoms with Gasteiger partial charge in [0.15, 0.2) is 0 Å². The third kappa shape index (κ3) is 14.8. The fraction of sp³-hybridized carbons (Fsp3) is 0.645. The van der Waals surface area contributed by atoms with Crippen molar-refractivity contribution in [3.63, 3.8) is 0 Å². The Bertz CT molecular complexity index is 1060. The number of phenols is 1. The number of benzene rings is 1.